The lowest BCUT2D eigenvalue weighted by Gasteiger charge is -2.28. The summed E-state index contributed by atoms with van der Waals surface area (Å²) in [5.41, 5.74) is 5.28. The van der Waals surface area contributed by atoms with Crippen LogP contribution in [0.1, 0.15) is 6.42 Å². The van der Waals surface area contributed by atoms with Crippen molar-refractivity contribution in [2.24, 2.45) is 5.73 Å². The Morgan fingerprint density at radius 1 is 1.56 bits per heavy atom. The molecule has 2 N–H and O–H groups in total. The molecule has 0 aromatic rings. The van der Waals surface area contributed by atoms with Gasteiger partial charge in [-0.15, -0.1) is 0 Å². The summed E-state index contributed by atoms with van der Waals surface area (Å²) in [7, 11) is 0. The van der Waals surface area contributed by atoms with Crippen molar-refractivity contribution in [3.63, 3.8) is 0 Å². The Morgan fingerprint density at radius 2 is 2.22 bits per heavy atom. The van der Waals surface area contributed by atoms with E-state index in [1.54, 1.807) is 0 Å². The van der Waals surface area contributed by atoms with Crippen molar-refractivity contribution in [1.82, 2.24) is 4.90 Å². The van der Waals surface area contributed by atoms with Crippen LogP contribution >= 0.6 is 0 Å². The van der Waals surface area contributed by atoms with E-state index < -0.39 is 0 Å². The number of carbonyl (C=O) groups excluding carboxylic acids is 1. The average molecular weight is 128 g/mol. The highest BCUT2D eigenvalue weighted by Gasteiger charge is 2.21. The second-order valence-corrected chi connectivity index (χ2v) is 2.39. The zero-order valence-electron chi connectivity index (χ0n) is 5.47. The maximum atomic E-state index is 10.4. The molecule has 0 radical (unpaired) electrons. The number of carbonyl (C=O) groups is 1. The van der Waals surface area contributed by atoms with E-state index in [2.05, 4.69) is 4.90 Å². The van der Waals surface area contributed by atoms with Gasteiger partial charge in [-0.25, -0.2) is 0 Å². The molecular weight excluding hydrogens is 116 g/mol. The topological polar surface area (TPSA) is 46.3 Å². The van der Waals surface area contributed by atoms with Gasteiger partial charge in [-0.3, -0.25) is 9.69 Å². The summed E-state index contributed by atoms with van der Waals surface area (Å²) >= 11 is 0. The van der Waals surface area contributed by atoms with Gasteiger partial charge in [0, 0.05) is 6.54 Å². The van der Waals surface area contributed by atoms with Crippen molar-refractivity contribution in [2.75, 3.05) is 26.2 Å². The van der Waals surface area contributed by atoms with Crippen molar-refractivity contribution < 1.29 is 4.79 Å². The van der Waals surface area contributed by atoms with E-state index in [-0.39, 0.29) is 0 Å². The fourth-order valence-corrected chi connectivity index (χ4v) is 0.925. The average Bonchev–Trinajstić information content (AvgIpc) is 1.78. The highest BCUT2D eigenvalue weighted by atomic mass is 16.1. The SMILES string of the molecule is NCCCN1CC(=O)C1. The third-order valence-electron chi connectivity index (χ3n) is 1.48. The molecule has 0 aromatic heterocycles. The van der Waals surface area contributed by atoms with E-state index in [1.807, 2.05) is 0 Å². The maximum absolute atomic E-state index is 10.4. The summed E-state index contributed by atoms with van der Waals surface area (Å²) in [4.78, 5) is 12.5. The minimum atomic E-state index is 0.354. The Bertz CT molecular complexity index is 106. The van der Waals surface area contributed by atoms with Gasteiger partial charge in [0.05, 0.1) is 13.1 Å². The number of nitrogens with two attached hydrogens (primary N) is 1. The molecule has 1 rings (SSSR count). The summed E-state index contributed by atoms with van der Waals surface area (Å²) in [6.45, 7) is 3.02. The molecule has 1 fully saturated rings. The first-order valence-electron chi connectivity index (χ1n) is 3.27. The van der Waals surface area contributed by atoms with Gasteiger partial charge in [-0.1, -0.05) is 0 Å². The van der Waals surface area contributed by atoms with Crippen molar-refractivity contribution in [3.8, 4) is 0 Å². The van der Waals surface area contributed by atoms with Gasteiger partial charge < -0.3 is 5.73 Å². The van der Waals surface area contributed by atoms with E-state index in [9.17, 15) is 4.79 Å². The van der Waals surface area contributed by atoms with Crippen LogP contribution in [0.15, 0.2) is 0 Å². The molecule has 1 saturated heterocycles. The van der Waals surface area contributed by atoms with Crippen LogP contribution < -0.4 is 5.73 Å². The predicted octanol–water partition coefficient (Wildman–Crippen LogP) is -0.780. The summed E-state index contributed by atoms with van der Waals surface area (Å²) < 4.78 is 0. The molecule has 0 bridgehead atoms. The zero-order chi connectivity index (χ0) is 6.69. The molecule has 3 nitrogen and oxygen atoms in total. The summed E-state index contributed by atoms with van der Waals surface area (Å²) in [5, 5.41) is 0. The van der Waals surface area contributed by atoms with Crippen LogP contribution in [-0.2, 0) is 4.79 Å². The fraction of sp³-hybridized carbons (Fsp3) is 0.833. The highest BCUT2D eigenvalue weighted by molar-refractivity contribution is 5.87. The molecule has 1 aliphatic rings. The van der Waals surface area contributed by atoms with Crippen LogP contribution in [0.4, 0.5) is 0 Å². The van der Waals surface area contributed by atoms with Crippen LogP contribution in [0.25, 0.3) is 0 Å². The summed E-state index contributed by atoms with van der Waals surface area (Å²) in [6.07, 6.45) is 1.01. The Hall–Kier alpha value is -0.410. The van der Waals surface area contributed by atoms with Gasteiger partial charge in [0.2, 0.25) is 0 Å². The minimum Gasteiger partial charge on any atom is -0.330 e. The number of nitrogens with zero attached hydrogens (tertiary/aromatic N) is 1. The van der Waals surface area contributed by atoms with Crippen molar-refractivity contribution in [1.29, 1.82) is 0 Å². The first kappa shape index (κ1) is 6.71. The molecule has 1 aliphatic heterocycles. The number of hydrogen-bond donors (Lipinski definition) is 1. The lowest BCUT2D eigenvalue weighted by molar-refractivity contribution is -0.128. The molecule has 1 heterocycles. The Kier molecular flexibility index (Phi) is 2.19. The second kappa shape index (κ2) is 2.94. The van der Waals surface area contributed by atoms with Crippen LogP contribution in [-0.4, -0.2) is 36.9 Å². The van der Waals surface area contributed by atoms with Gasteiger partial charge in [-0.05, 0) is 13.0 Å². The maximum Gasteiger partial charge on any atom is 0.160 e. The Morgan fingerprint density at radius 3 is 2.67 bits per heavy atom. The molecule has 0 unspecified atom stereocenters. The lowest BCUT2D eigenvalue weighted by atomic mass is 10.2. The van der Waals surface area contributed by atoms with E-state index in [1.165, 1.54) is 0 Å². The lowest BCUT2D eigenvalue weighted by Crippen LogP contribution is -2.47. The second-order valence-electron chi connectivity index (χ2n) is 2.39. The van der Waals surface area contributed by atoms with Gasteiger partial charge in [0.1, 0.15) is 0 Å². The Labute approximate surface area is 54.8 Å². The molecule has 9 heavy (non-hydrogen) atoms. The number of likely N-dealkylation sites (tertiary alicyclic amines) is 1. The van der Waals surface area contributed by atoms with E-state index >= 15 is 0 Å². The smallest absolute Gasteiger partial charge is 0.160 e. The molecule has 3 heteroatoms. The molecular formula is C6H12N2O. The molecule has 0 spiro atoms. The molecule has 0 atom stereocenters. The molecule has 0 amide bonds. The van der Waals surface area contributed by atoms with Gasteiger partial charge in [-0.2, -0.15) is 0 Å². The Balaban J connectivity index is 1.97. The van der Waals surface area contributed by atoms with Crippen LogP contribution in [0.3, 0.4) is 0 Å². The van der Waals surface area contributed by atoms with Crippen molar-refractivity contribution in [2.45, 2.75) is 6.42 Å². The van der Waals surface area contributed by atoms with E-state index in [0.29, 0.717) is 18.9 Å². The van der Waals surface area contributed by atoms with E-state index in [4.69, 9.17) is 5.73 Å². The number of hydrogen-bond acceptors (Lipinski definition) is 3. The van der Waals surface area contributed by atoms with Gasteiger partial charge in [0.15, 0.2) is 5.78 Å². The highest BCUT2D eigenvalue weighted by Crippen LogP contribution is 2.00. The fourth-order valence-electron chi connectivity index (χ4n) is 0.925. The van der Waals surface area contributed by atoms with E-state index in [0.717, 1.165) is 19.5 Å². The first-order valence-corrected chi connectivity index (χ1v) is 3.27. The molecule has 0 saturated carbocycles. The third-order valence-corrected chi connectivity index (χ3v) is 1.48. The summed E-state index contributed by atoms with van der Waals surface area (Å²) in [6, 6.07) is 0. The standard InChI is InChI=1S/C6H12N2O/c7-2-1-3-8-4-6(9)5-8/h1-5,7H2. The molecule has 52 valence electrons. The molecule has 0 aromatic carbocycles. The quantitative estimate of drug-likeness (QED) is 0.542. The number of rotatable bonds is 3. The number of Topliss-reactive ketones (excluding diaryl/α,β-unsaturated/α-hetero) is 1. The van der Waals surface area contributed by atoms with Crippen molar-refractivity contribution >= 4 is 5.78 Å². The zero-order valence-corrected chi connectivity index (χ0v) is 5.47. The normalized spacial score (nSPS) is 19.9. The third kappa shape index (κ3) is 1.77. The minimum absolute atomic E-state index is 0.354. The predicted molar refractivity (Wildman–Crippen MR) is 35.1 cm³/mol. The van der Waals surface area contributed by atoms with Crippen LogP contribution in [0.2, 0.25) is 0 Å². The van der Waals surface area contributed by atoms with Crippen molar-refractivity contribution in [3.05, 3.63) is 0 Å². The summed E-state index contributed by atoms with van der Waals surface area (Å²) in [5.74, 6) is 0.354. The monoisotopic (exact) mass is 128 g/mol. The number of ketones is 1. The van der Waals surface area contributed by atoms with Crippen LogP contribution in [0, 0.1) is 0 Å². The van der Waals surface area contributed by atoms with Gasteiger partial charge >= 0.3 is 0 Å². The first-order chi connectivity index (χ1) is 4.33. The molecule has 0 aliphatic carbocycles. The largest absolute Gasteiger partial charge is 0.330 e. The van der Waals surface area contributed by atoms with Gasteiger partial charge in [0.25, 0.3) is 0 Å². The van der Waals surface area contributed by atoms with Crippen LogP contribution in [0.5, 0.6) is 0 Å².